The van der Waals surface area contributed by atoms with Crippen molar-refractivity contribution in [3.63, 3.8) is 0 Å². The number of aromatic nitrogens is 2. The van der Waals surface area contributed by atoms with E-state index in [1.807, 2.05) is 19.4 Å². The van der Waals surface area contributed by atoms with Crippen LogP contribution < -0.4 is 5.32 Å². The number of anilines is 1. The minimum atomic E-state index is 0. The Morgan fingerprint density at radius 2 is 2.18 bits per heavy atom. The summed E-state index contributed by atoms with van der Waals surface area (Å²) in [6, 6.07) is 0. The highest BCUT2D eigenvalue weighted by Gasteiger charge is 1.89. The zero-order chi connectivity index (χ0) is 6.69. The molecule has 66 valence electrons. The average molecular weight is 198 g/mol. The number of aryl methyl sites for hydroxylation is 1. The standard InChI is InChI=1S/C6H11N3.2ClH/c1-3-7-6-4-8-9(2)5-6;;/h4-5,7H,3H2,1-2H3;2*1H. The van der Waals surface area contributed by atoms with Crippen LogP contribution in [0.3, 0.4) is 0 Å². The Labute approximate surface area is 79.0 Å². The molecule has 0 aliphatic rings. The molecule has 1 aromatic heterocycles. The van der Waals surface area contributed by atoms with Crippen LogP contribution in [0.1, 0.15) is 6.92 Å². The van der Waals surface area contributed by atoms with E-state index in [2.05, 4.69) is 17.3 Å². The highest BCUT2D eigenvalue weighted by atomic mass is 35.5. The van der Waals surface area contributed by atoms with Crippen LogP contribution in [0.4, 0.5) is 5.69 Å². The van der Waals surface area contributed by atoms with E-state index in [0.717, 1.165) is 12.2 Å². The normalized spacial score (nSPS) is 7.82. The quantitative estimate of drug-likeness (QED) is 0.783. The summed E-state index contributed by atoms with van der Waals surface area (Å²) < 4.78 is 1.78. The molecule has 0 aliphatic carbocycles. The van der Waals surface area contributed by atoms with Crippen LogP contribution in [0.15, 0.2) is 12.4 Å². The van der Waals surface area contributed by atoms with Gasteiger partial charge in [0.1, 0.15) is 0 Å². The lowest BCUT2D eigenvalue weighted by Crippen LogP contribution is -1.93. The molecule has 1 rings (SSSR count). The summed E-state index contributed by atoms with van der Waals surface area (Å²) >= 11 is 0. The third-order valence-electron chi connectivity index (χ3n) is 1.09. The van der Waals surface area contributed by atoms with Gasteiger partial charge in [0, 0.05) is 19.8 Å². The van der Waals surface area contributed by atoms with Gasteiger partial charge in [-0.1, -0.05) is 0 Å². The zero-order valence-corrected chi connectivity index (χ0v) is 8.21. The van der Waals surface area contributed by atoms with Gasteiger partial charge >= 0.3 is 0 Å². The summed E-state index contributed by atoms with van der Waals surface area (Å²) in [5.74, 6) is 0. The molecular formula is C6H13Cl2N3. The molecule has 1 N–H and O–H groups in total. The highest BCUT2D eigenvalue weighted by molar-refractivity contribution is 5.85. The van der Waals surface area contributed by atoms with Gasteiger partial charge in [-0.15, -0.1) is 24.8 Å². The predicted octanol–water partition coefficient (Wildman–Crippen LogP) is 1.70. The lowest BCUT2D eigenvalue weighted by atomic mass is 10.5. The van der Waals surface area contributed by atoms with E-state index in [1.165, 1.54) is 0 Å². The number of nitrogens with zero attached hydrogens (tertiary/aromatic N) is 2. The molecule has 5 heteroatoms. The van der Waals surface area contributed by atoms with Crippen LogP contribution in [-0.4, -0.2) is 16.3 Å². The SMILES string of the molecule is CCNc1cnn(C)c1.Cl.Cl. The molecule has 3 nitrogen and oxygen atoms in total. The van der Waals surface area contributed by atoms with Crippen LogP contribution in [-0.2, 0) is 7.05 Å². The fourth-order valence-electron chi connectivity index (χ4n) is 0.717. The van der Waals surface area contributed by atoms with Crippen LogP contribution in [0.25, 0.3) is 0 Å². The van der Waals surface area contributed by atoms with Crippen LogP contribution in [0.5, 0.6) is 0 Å². The summed E-state index contributed by atoms with van der Waals surface area (Å²) in [7, 11) is 1.90. The molecule has 1 aromatic rings. The zero-order valence-electron chi connectivity index (χ0n) is 6.57. The third-order valence-corrected chi connectivity index (χ3v) is 1.09. The molecular weight excluding hydrogens is 185 g/mol. The van der Waals surface area contributed by atoms with Crippen molar-refractivity contribution in [3.05, 3.63) is 12.4 Å². The van der Waals surface area contributed by atoms with E-state index in [4.69, 9.17) is 0 Å². The first kappa shape index (κ1) is 13.2. The molecule has 11 heavy (non-hydrogen) atoms. The molecule has 0 aliphatic heterocycles. The van der Waals surface area contributed by atoms with Crippen molar-refractivity contribution in [1.82, 2.24) is 9.78 Å². The van der Waals surface area contributed by atoms with E-state index in [9.17, 15) is 0 Å². The second-order valence-electron chi connectivity index (χ2n) is 1.93. The molecule has 0 amide bonds. The first-order chi connectivity index (χ1) is 4.33. The van der Waals surface area contributed by atoms with Gasteiger partial charge in [-0.3, -0.25) is 4.68 Å². The maximum Gasteiger partial charge on any atom is 0.0726 e. The van der Waals surface area contributed by atoms with Crippen molar-refractivity contribution >= 4 is 30.5 Å². The molecule has 0 atom stereocenters. The topological polar surface area (TPSA) is 29.9 Å². The monoisotopic (exact) mass is 197 g/mol. The second kappa shape index (κ2) is 6.31. The largest absolute Gasteiger partial charge is 0.383 e. The van der Waals surface area contributed by atoms with E-state index in [-0.39, 0.29) is 24.8 Å². The van der Waals surface area contributed by atoms with Gasteiger partial charge in [-0.2, -0.15) is 5.10 Å². The minimum absolute atomic E-state index is 0. The average Bonchev–Trinajstić information content (AvgIpc) is 2.17. The lowest BCUT2D eigenvalue weighted by Gasteiger charge is -1.93. The Kier molecular flexibility index (Phi) is 7.57. The third kappa shape index (κ3) is 4.11. The van der Waals surface area contributed by atoms with Crippen molar-refractivity contribution in [1.29, 1.82) is 0 Å². The first-order valence-corrected chi connectivity index (χ1v) is 3.05. The minimum Gasteiger partial charge on any atom is -0.383 e. The first-order valence-electron chi connectivity index (χ1n) is 3.05. The Hall–Kier alpha value is -0.410. The van der Waals surface area contributed by atoms with Gasteiger partial charge < -0.3 is 5.32 Å². The van der Waals surface area contributed by atoms with E-state index in [1.54, 1.807) is 4.68 Å². The smallest absolute Gasteiger partial charge is 0.0726 e. The van der Waals surface area contributed by atoms with Gasteiger partial charge in [0.2, 0.25) is 0 Å². The van der Waals surface area contributed by atoms with Crippen LogP contribution in [0, 0.1) is 0 Å². The molecule has 0 radical (unpaired) electrons. The van der Waals surface area contributed by atoms with Gasteiger partial charge in [-0.05, 0) is 6.92 Å². The number of nitrogens with one attached hydrogen (secondary N) is 1. The van der Waals surface area contributed by atoms with Crippen molar-refractivity contribution in [2.24, 2.45) is 7.05 Å². The van der Waals surface area contributed by atoms with Crippen LogP contribution >= 0.6 is 24.8 Å². The molecule has 0 saturated heterocycles. The van der Waals surface area contributed by atoms with Gasteiger partial charge in [0.15, 0.2) is 0 Å². The molecule has 0 bridgehead atoms. The van der Waals surface area contributed by atoms with Gasteiger partial charge in [-0.25, -0.2) is 0 Å². The Balaban J connectivity index is 0. The summed E-state index contributed by atoms with van der Waals surface area (Å²) in [4.78, 5) is 0. The number of hydrogen-bond donors (Lipinski definition) is 1. The molecule has 0 aromatic carbocycles. The molecule has 0 unspecified atom stereocenters. The molecule has 0 spiro atoms. The van der Waals surface area contributed by atoms with Crippen molar-refractivity contribution in [2.45, 2.75) is 6.92 Å². The maximum absolute atomic E-state index is 3.99. The summed E-state index contributed by atoms with van der Waals surface area (Å²) in [5, 5.41) is 7.13. The predicted molar refractivity (Wildman–Crippen MR) is 51.9 cm³/mol. The fourth-order valence-corrected chi connectivity index (χ4v) is 0.717. The summed E-state index contributed by atoms with van der Waals surface area (Å²) in [6.45, 7) is 3.01. The van der Waals surface area contributed by atoms with E-state index < -0.39 is 0 Å². The second-order valence-corrected chi connectivity index (χ2v) is 1.93. The van der Waals surface area contributed by atoms with Crippen molar-refractivity contribution < 1.29 is 0 Å². The summed E-state index contributed by atoms with van der Waals surface area (Å²) in [5.41, 5.74) is 1.08. The van der Waals surface area contributed by atoms with Crippen LogP contribution in [0.2, 0.25) is 0 Å². The molecule has 1 heterocycles. The van der Waals surface area contributed by atoms with Gasteiger partial charge in [0.05, 0.1) is 11.9 Å². The maximum atomic E-state index is 3.99. The summed E-state index contributed by atoms with van der Waals surface area (Å²) in [6.07, 6.45) is 3.76. The Morgan fingerprint density at radius 3 is 2.55 bits per heavy atom. The fraction of sp³-hybridized carbons (Fsp3) is 0.500. The van der Waals surface area contributed by atoms with E-state index in [0.29, 0.717) is 0 Å². The number of hydrogen-bond acceptors (Lipinski definition) is 2. The Morgan fingerprint density at radius 1 is 1.55 bits per heavy atom. The number of halogens is 2. The van der Waals surface area contributed by atoms with E-state index >= 15 is 0 Å². The van der Waals surface area contributed by atoms with Crippen molar-refractivity contribution in [3.8, 4) is 0 Å². The highest BCUT2D eigenvalue weighted by Crippen LogP contribution is 2.00. The Bertz CT molecular complexity index is 188. The molecule has 0 saturated carbocycles. The van der Waals surface area contributed by atoms with Crippen molar-refractivity contribution in [2.75, 3.05) is 11.9 Å². The lowest BCUT2D eigenvalue weighted by molar-refractivity contribution is 0.768. The van der Waals surface area contributed by atoms with Gasteiger partial charge in [0.25, 0.3) is 0 Å². The molecule has 0 fully saturated rings. The number of rotatable bonds is 2.